The summed E-state index contributed by atoms with van der Waals surface area (Å²) in [5, 5.41) is 12.8. The Morgan fingerprint density at radius 2 is 1.68 bits per heavy atom. The van der Waals surface area contributed by atoms with Crippen molar-refractivity contribution in [1.82, 2.24) is 5.32 Å². The lowest BCUT2D eigenvalue weighted by molar-refractivity contribution is -0.129. The molecular weight excluding hydrogens is 242 g/mol. The van der Waals surface area contributed by atoms with Gasteiger partial charge in [-0.25, -0.2) is 0 Å². The molecule has 2 rings (SSSR count). The average Bonchev–Trinajstić information content (AvgIpc) is 2.39. The van der Waals surface area contributed by atoms with Gasteiger partial charge in [0.2, 0.25) is 5.91 Å². The fourth-order valence-electron chi connectivity index (χ4n) is 3.17. The van der Waals surface area contributed by atoms with Crippen molar-refractivity contribution in [3.8, 4) is 0 Å². The van der Waals surface area contributed by atoms with E-state index in [1.165, 1.54) is 19.3 Å². The smallest absolute Gasteiger partial charge is 0.223 e. The first-order chi connectivity index (χ1) is 9.26. The van der Waals surface area contributed by atoms with Crippen molar-refractivity contribution < 1.29 is 14.6 Å². The van der Waals surface area contributed by atoms with E-state index in [0.717, 1.165) is 38.5 Å². The molecule has 4 nitrogen and oxygen atoms in total. The topological polar surface area (TPSA) is 58.6 Å². The van der Waals surface area contributed by atoms with Crippen LogP contribution in [0.25, 0.3) is 0 Å². The Labute approximate surface area is 115 Å². The number of aliphatic hydroxyl groups is 1. The highest BCUT2D eigenvalue weighted by Crippen LogP contribution is 2.25. The van der Waals surface area contributed by atoms with Crippen LogP contribution in [0.1, 0.15) is 57.8 Å². The first kappa shape index (κ1) is 14.8. The van der Waals surface area contributed by atoms with Crippen LogP contribution in [0.5, 0.6) is 0 Å². The quantitative estimate of drug-likeness (QED) is 0.824. The SMILES string of the molecule is O=C(NC1(CO)CCOCC1)C1CCCCCCC1. The summed E-state index contributed by atoms with van der Waals surface area (Å²) in [6.07, 6.45) is 9.59. The highest BCUT2D eigenvalue weighted by atomic mass is 16.5. The Hall–Kier alpha value is -0.610. The van der Waals surface area contributed by atoms with Crippen molar-refractivity contribution in [3.05, 3.63) is 0 Å². The Balaban J connectivity index is 1.90. The number of rotatable bonds is 3. The molecule has 0 aromatic carbocycles. The molecule has 2 N–H and O–H groups in total. The zero-order valence-corrected chi connectivity index (χ0v) is 11.8. The van der Waals surface area contributed by atoms with Crippen LogP contribution < -0.4 is 5.32 Å². The van der Waals surface area contributed by atoms with E-state index < -0.39 is 5.54 Å². The number of hydrogen-bond acceptors (Lipinski definition) is 3. The van der Waals surface area contributed by atoms with Gasteiger partial charge in [0.1, 0.15) is 0 Å². The summed E-state index contributed by atoms with van der Waals surface area (Å²) in [7, 11) is 0. The molecule has 0 spiro atoms. The first-order valence-corrected chi connectivity index (χ1v) is 7.76. The molecule has 19 heavy (non-hydrogen) atoms. The maximum absolute atomic E-state index is 12.4. The van der Waals surface area contributed by atoms with Crippen molar-refractivity contribution >= 4 is 5.91 Å². The number of hydrogen-bond donors (Lipinski definition) is 2. The second-order valence-electron chi connectivity index (χ2n) is 6.08. The Kier molecular flexibility index (Phi) is 5.64. The minimum atomic E-state index is -0.433. The van der Waals surface area contributed by atoms with E-state index in [9.17, 15) is 9.90 Å². The predicted molar refractivity (Wildman–Crippen MR) is 73.8 cm³/mol. The minimum Gasteiger partial charge on any atom is -0.394 e. The van der Waals surface area contributed by atoms with Crippen molar-refractivity contribution in [2.75, 3.05) is 19.8 Å². The standard InChI is InChI=1S/C15H27NO3/c17-12-15(8-10-19-11-9-15)16-14(18)13-6-4-2-1-3-5-7-13/h13,17H,1-12H2,(H,16,18). The van der Waals surface area contributed by atoms with Gasteiger partial charge < -0.3 is 15.2 Å². The van der Waals surface area contributed by atoms with E-state index in [0.29, 0.717) is 13.2 Å². The van der Waals surface area contributed by atoms with E-state index in [-0.39, 0.29) is 18.4 Å². The number of carbonyl (C=O) groups excluding carboxylic acids is 1. The van der Waals surface area contributed by atoms with Gasteiger partial charge in [-0.15, -0.1) is 0 Å². The highest BCUT2D eigenvalue weighted by molar-refractivity contribution is 5.79. The van der Waals surface area contributed by atoms with E-state index in [2.05, 4.69) is 5.32 Å². The van der Waals surface area contributed by atoms with Crippen molar-refractivity contribution in [1.29, 1.82) is 0 Å². The van der Waals surface area contributed by atoms with Crippen molar-refractivity contribution in [2.24, 2.45) is 5.92 Å². The largest absolute Gasteiger partial charge is 0.394 e. The number of nitrogens with one attached hydrogen (secondary N) is 1. The molecule has 2 fully saturated rings. The summed E-state index contributed by atoms with van der Waals surface area (Å²) < 4.78 is 5.33. The third-order valence-electron chi connectivity index (χ3n) is 4.62. The molecule has 0 radical (unpaired) electrons. The van der Waals surface area contributed by atoms with Gasteiger partial charge in [-0.1, -0.05) is 32.1 Å². The molecule has 0 bridgehead atoms. The molecule has 1 aliphatic carbocycles. The van der Waals surface area contributed by atoms with Gasteiger partial charge in [-0.2, -0.15) is 0 Å². The lowest BCUT2D eigenvalue weighted by Gasteiger charge is -2.37. The van der Waals surface area contributed by atoms with E-state index in [1.54, 1.807) is 0 Å². The molecule has 1 amide bonds. The zero-order chi connectivity index (χ0) is 13.6. The summed E-state index contributed by atoms with van der Waals surface area (Å²) >= 11 is 0. The second kappa shape index (κ2) is 7.25. The molecule has 0 unspecified atom stereocenters. The van der Waals surface area contributed by atoms with Gasteiger partial charge in [0, 0.05) is 19.1 Å². The van der Waals surface area contributed by atoms with Crippen LogP contribution in [0.3, 0.4) is 0 Å². The Morgan fingerprint density at radius 1 is 1.11 bits per heavy atom. The van der Waals surface area contributed by atoms with Gasteiger partial charge in [-0.3, -0.25) is 4.79 Å². The van der Waals surface area contributed by atoms with Gasteiger partial charge >= 0.3 is 0 Å². The Bertz CT molecular complexity index is 279. The molecule has 4 heteroatoms. The normalized spacial score (nSPS) is 25.3. The third kappa shape index (κ3) is 4.18. The van der Waals surface area contributed by atoms with Crippen LogP contribution in [0.2, 0.25) is 0 Å². The van der Waals surface area contributed by atoms with Crippen LogP contribution in [-0.2, 0) is 9.53 Å². The van der Waals surface area contributed by atoms with Crippen LogP contribution in [0, 0.1) is 5.92 Å². The minimum absolute atomic E-state index is 0.0226. The van der Waals surface area contributed by atoms with E-state index >= 15 is 0 Å². The lowest BCUT2D eigenvalue weighted by atomic mass is 9.87. The molecule has 0 aromatic heterocycles. The summed E-state index contributed by atoms with van der Waals surface area (Å²) in [5.74, 6) is 0.296. The van der Waals surface area contributed by atoms with Crippen LogP contribution in [0.15, 0.2) is 0 Å². The van der Waals surface area contributed by atoms with Gasteiger partial charge in [0.25, 0.3) is 0 Å². The average molecular weight is 269 g/mol. The lowest BCUT2D eigenvalue weighted by Crippen LogP contribution is -2.56. The fourth-order valence-corrected chi connectivity index (χ4v) is 3.17. The molecule has 1 saturated heterocycles. The van der Waals surface area contributed by atoms with Crippen LogP contribution >= 0.6 is 0 Å². The molecule has 1 heterocycles. The van der Waals surface area contributed by atoms with E-state index in [4.69, 9.17) is 4.74 Å². The molecular formula is C15H27NO3. The fraction of sp³-hybridized carbons (Fsp3) is 0.933. The molecule has 110 valence electrons. The van der Waals surface area contributed by atoms with Crippen LogP contribution in [-0.4, -0.2) is 36.4 Å². The molecule has 2 aliphatic rings. The summed E-state index contributed by atoms with van der Waals surface area (Å²) in [4.78, 5) is 12.4. The van der Waals surface area contributed by atoms with Crippen LogP contribution in [0.4, 0.5) is 0 Å². The maximum atomic E-state index is 12.4. The monoisotopic (exact) mass is 269 g/mol. The summed E-state index contributed by atoms with van der Waals surface area (Å²) in [5.41, 5.74) is -0.433. The number of carbonyl (C=O) groups is 1. The number of ether oxygens (including phenoxy) is 1. The summed E-state index contributed by atoms with van der Waals surface area (Å²) in [6.45, 7) is 1.28. The number of aliphatic hydroxyl groups excluding tert-OH is 1. The first-order valence-electron chi connectivity index (χ1n) is 7.76. The van der Waals surface area contributed by atoms with Crippen molar-refractivity contribution in [3.63, 3.8) is 0 Å². The predicted octanol–water partition coefficient (Wildman–Crippen LogP) is 2.00. The molecule has 1 aliphatic heterocycles. The maximum Gasteiger partial charge on any atom is 0.223 e. The van der Waals surface area contributed by atoms with Gasteiger partial charge in [0.05, 0.1) is 12.1 Å². The van der Waals surface area contributed by atoms with Crippen molar-refractivity contribution in [2.45, 2.75) is 63.3 Å². The molecule has 0 aromatic rings. The molecule has 0 atom stereocenters. The van der Waals surface area contributed by atoms with Gasteiger partial charge in [0.15, 0.2) is 0 Å². The second-order valence-corrected chi connectivity index (χ2v) is 6.08. The zero-order valence-electron chi connectivity index (χ0n) is 11.8. The third-order valence-corrected chi connectivity index (χ3v) is 4.62. The van der Waals surface area contributed by atoms with Gasteiger partial charge in [-0.05, 0) is 25.7 Å². The summed E-state index contributed by atoms with van der Waals surface area (Å²) in [6, 6.07) is 0. The Morgan fingerprint density at radius 3 is 2.26 bits per heavy atom. The highest BCUT2D eigenvalue weighted by Gasteiger charge is 2.35. The van der Waals surface area contributed by atoms with E-state index in [1.807, 2.05) is 0 Å². The molecule has 1 saturated carbocycles. The number of amides is 1.